The van der Waals surface area contributed by atoms with E-state index in [4.69, 9.17) is 15.0 Å². The van der Waals surface area contributed by atoms with Gasteiger partial charge in [0, 0.05) is 7.11 Å². The van der Waals surface area contributed by atoms with E-state index in [9.17, 15) is 0 Å². The van der Waals surface area contributed by atoms with Gasteiger partial charge in [-0.1, -0.05) is 39.8 Å². The zero-order valence-electron chi connectivity index (χ0n) is 11.5. The van der Waals surface area contributed by atoms with Crippen molar-refractivity contribution in [2.45, 2.75) is 46.8 Å². The molecule has 0 aromatic carbocycles. The molecule has 1 heterocycles. The lowest BCUT2D eigenvalue weighted by atomic mass is 9.88. The zero-order valence-corrected chi connectivity index (χ0v) is 11.5. The fourth-order valence-corrected chi connectivity index (χ4v) is 1.62. The van der Waals surface area contributed by atoms with Crippen LogP contribution in [0.1, 0.15) is 58.5 Å². The third-order valence-electron chi connectivity index (χ3n) is 2.72. The van der Waals surface area contributed by atoms with Crippen molar-refractivity contribution in [2.75, 3.05) is 7.11 Å². The smallest absolute Gasteiger partial charge is 0.243 e. The molecule has 1 unspecified atom stereocenters. The minimum absolute atomic E-state index is 0.0855. The quantitative estimate of drug-likeness (QED) is 0.876. The van der Waals surface area contributed by atoms with Crippen LogP contribution in [-0.4, -0.2) is 17.3 Å². The van der Waals surface area contributed by atoms with Crippen molar-refractivity contribution in [3.05, 3.63) is 11.7 Å². The van der Waals surface area contributed by atoms with Gasteiger partial charge in [0.05, 0.1) is 6.04 Å². The van der Waals surface area contributed by atoms with Crippen LogP contribution in [-0.2, 0) is 4.74 Å². The summed E-state index contributed by atoms with van der Waals surface area (Å²) in [4.78, 5) is 4.34. The van der Waals surface area contributed by atoms with Crippen LogP contribution in [0.4, 0.5) is 0 Å². The number of nitrogens with two attached hydrogens (primary N) is 1. The second-order valence-electron chi connectivity index (χ2n) is 5.74. The van der Waals surface area contributed by atoms with Gasteiger partial charge in [-0.25, -0.2) is 0 Å². The molecule has 98 valence electrons. The molecule has 0 spiro atoms. The molecule has 0 aliphatic rings. The van der Waals surface area contributed by atoms with Crippen molar-refractivity contribution in [2.24, 2.45) is 17.1 Å². The normalized spacial score (nSPS) is 16.2. The first-order valence-electron chi connectivity index (χ1n) is 5.89. The summed E-state index contributed by atoms with van der Waals surface area (Å²) >= 11 is 0. The van der Waals surface area contributed by atoms with Gasteiger partial charge in [-0.15, -0.1) is 0 Å². The Balaban J connectivity index is 2.94. The number of aromatic nitrogens is 2. The number of nitrogens with zero attached hydrogens (tertiary/aromatic N) is 2. The second-order valence-corrected chi connectivity index (χ2v) is 5.74. The number of rotatable bonds is 4. The van der Waals surface area contributed by atoms with Crippen molar-refractivity contribution in [1.82, 2.24) is 10.1 Å². The van der Waals surface area contributed by atoms with Gasteiger partial charge in [0.1, 0.15) is 6.10 Å². The predicted molar refractivity (Wildman–Crippen MR) is 65.3 cm³/mol. The molecule has 0 radical (unpaired) electrons. The Morgan fingerprint density at radius 1 is 1.29 bits per heavy atom. The molecule has 5 heteroatoms. The lowest BCUT2D eigenvalue weighted by Crippen LogP contribution is -2.22. The van der Waals surface area contributed by atoms with E-state index in [0.717, 1.165) is 0 Å². The summed E-state index contributed by atoms with van der Waals surface area (Å²) in [5, 5.41) is 3.97. The molecular formula is C12H23N3O2. The molecule has 0 bridgehead atoms. The van der Waals surface area contributed by atoms with Crippen LogP contribution >= 0.6 is 0 Å². The van der Waals surface area contributed by atoms with Gasteiger partial charge >= 0.3 is 0 Å². The second kappa shape index (κ2) is 5.14. The first kappa shape index (κ1) is 14.1. The monoisotopic (exact) mass is 241 g/mol. The van der Waals surface area contributed by atoms with E-state index in [1.165, 1.54) is 0 Å². The van der Waals surface area contributed by atoms with Crippen LogP contribution in [0.25, 0.3) is 0 Å². The van der Waals surface area contributed by atoms with E-state index in [0.29, 0.717) is 11.7 Å². The van der Waals surface area contributed by atoms with E-state index >= 15 is 0 Å². The van der Waals surface area contributed by atoms with Crippen molar-refractivity contribution in [3.63, 3.8) is 0 Å². The maximum Gasteiger partial charge on any atom is 0.243 e. The third-order valence-corrected chi connectivity index (χ3v) is 2.72. The van der Waals surface area contributed by atoms with Crippen LogP contribution in [0.2, 0.25) is 0 Å². The summed E-state index contributed by atoms with van der Waals surface area (Å²) in [7, 11) is 1.65. The van der Waals surface area contributed by atoms with Gasteiger partial charge < -0.3 is 15.0 Å². The van der Waals surface area contributed by atoms with Crippen LogP contribution in [0.3, 0.4) is 0 Å². The number of hydrogen-bond donors (Lipinski definition) is 1. The molecule has 0 fully saturated rings. The molecule has 1 rings (SSSR count). The largest absolute Gasteiger partial charge is 0.373 e. The Morgan fingerprint density at radius 2 is 1.88 bits per heavy atom. The van der Waals surface area contributed by atoms with Crippen molar-refractivity contribution in [1.29, 1.82) is 0 Å². The molecule has 17 heavy (non-hydrogen) atoms. The molecule has 2 N–H and O–H groups in total. The molecule has 0 amide bonds. The summed E-state index contributed by atoms with van der Waals surface area (Å²) in [5.74, 6) is 1.30. The zero-order chi connectivity index (χ0) is 13.2. The highest BCUT2D eigenvalue weighted by Crippen LogP contribution is 2.34. The lowest BCUT2D eigenvalue weighted by molar-refractivity contribution is 0.00718. The Morgan fingerprint density at radius 3 is 2.29 bits per heavy atom. The molecule has 1 aromatic heterocycles. The Hall–Kier alpha value is -0.940. The maximum absolute atomic E-state index is 5.96. The molecule has 0 aliphatic heterocycles. The van der Waals surface area contributed by atoms with Crippen LogP contribution in [0.15, 0.2) is 4.52 Å². The molecule has 0 aliphatic carbocycles. The number of hydrogen-bond acceptors (Lipinski definition) is 5. The van der Waals surface area contributed by atoms with Gasteiger partial charge in [-0.05, 0) is 11.3 Å². The van der Waals surface area contributed by atoms with E-state index in [1.807, 2.05) is 13.8 Å². The summed E-state index contributed by atoms with van der Waals surface area (Å²) in [6.07, 6.45) is -0.195. The molecular weight excluding hydrogens is 218 g/mol. The van der Waals surface area contributed by atoms with Crippen molar-refractivity contribution < 1.29 is 9.26 Å². The lowest BCUT2D eigenvalue weighted by Gasteiger charge is -2.26. The van der Waals surface area contributed by atoms with Gasteiger partial charge in [-0.2, -0.15) is 4.98 Å². The highest BCUT2D eigenvalue weighted by Gasteiger charge is 2.31. The summed E-state index contributed by atoms with van der Waals surface area (Å²) in [6, 6.07) is -0.228. The summed E-state index contributed by atoms with van der Waals surface area (Å²) < 4.78 is 10.6. The Kier molecular flexibility index (Phi) is 4.27. The van der Waals surface area contributed by atoms with Gasteiger partial charge in [-0.3, -0.25) is 0 Å². The molecule has 2 atom stereocenters. The van der Waals surface area contributed by atoms with E-state index < -0.39 is 0 Å². The SMILES string of the molecule is COC(c1noc([C@@H](N)C(C)C)n1)C(C)(C)C. The van der Waals surface area contributed by atoms with Crippen LogP contribution in [0.5, 0.6) is 0 Å². The van der Waals surface area contributed by atoms with Crippen molar-refractivity contribution >= 4 is 0 Å². The van der Waals surface area contributed by atoms with Gasteiger partial charge in [0.2, 0.25) is 11.7 Å². The highest BCUT2D eigenvalue weighted by atomic mass is 16.5. The van der Waals surface area contributed by atoms with E-state index in [1.54, 1.807) is 7.11 Å². The van der Waals surface area contributed by atoms with Gasteiger partial charge in [0.25, 0.3) is 0 Å². The van der Waals surface area contributed by atoms with Crippen molar-refractivity contribution in [3.8, 4) is 0 Å². The maximum atomic E-state index is 5.96. The molecule has 0 saturated carbocycles. The predicted octanol–water partition coefficient (Wildman–Crippen LogP) is 2.46. The first-order chi connectivity index (χ1) is 7.77. The van der Waals surface area contributed by atoms with E-state index in [-0.39, 0.29) is 23.5 Å². The first-order valence-corrected chi connectivity index (χ1v) is 5.89. The van der Waals surface area contributed by atoms with Gasteiger partial charge in [0.15, 0.2) is 0 Å². The molecule has 1 aromatic rings. The average Bonchev–Trinajstić information content (AvgIpc) is 2.64. The van der Waals surface area contributed by atoms with Crippen LogP contribution in [0, 0.1) is 11.3 Å². The van der Waals surface area contributed by atoms with Crippen LogP contribution < -0.4 is 5.73 Å². The fourth-order valence-electron chi connectivity index (χ4n) is 1.62. The summed E-state index contributed by atoms with van der Waals surface area (Å²) in [5.41, 5.74) is 5.88. The molecule has 0 saturated heterocycles. The fraction of sp³-hybridized carbons (Fsp3) is 0.833. The Bertz CT molecular complexity index is 355. The average molecular weight is 241 g/mol. The minimum Gasteiger partial charge on any atom is -0.373 e. The van der Waals surface area contributed by atoms with E-state index in [2.05, 4.69) is 30.9 Å². The highest BCUT2D eigenvalue weighted by molar-refractivity contribution is 4.99. The third kappa shape index (κ3) is 3.26. The Labute approximate surface area is 103 Å². The summed E-state index contributed by atoms with van der Waals surface area (Å²) in [6.45, 7) is 10.2. The standard InChI is InChI=1S/C12H23N3O2/c1-7(2)8(13)11-14-10(15-17-11)9(16-6)12(3,4)5/h7-9H,13H2,1-6H3/t8-,9?/m0/s1. The molecule has 5 nitrogen and oxygen atoms in total. The number of ether oxygens (including phenoxy) is 1. The topological polar surface area (TPSA) is 74.2 Å². The number of methoxy groups -OCH3 is 1. The minimum atomic E-state index is -0.228.